The van der Waals surface area contributed by atoms with Gasteiger partial charge in [-0.3, -0.25) is 9.59 Å². The molecule has 0 aliphatic heterocycles. The Balaban J connectivity index is 1.43. The van der Waals surface area contributed by atoms with Gasteiger partial charge in [-0.15, -0.1) is 0 Å². The first-order valence-corrected chi connectivity index (χ1v) is 13.7. The van der Waals surface area contributed by atoms with Crippen molar-refractivity contribution < 1.29 is 9.59 Å². The normalized spacial score (nSPS) is 11.0. The number of carbonyl (C=O) groups is 2. The molecule has 0 aliphatic rings. The fourth-order valence-corrected chi connectivity index (χ4v) is 4.91. The Bertz CT molecular complexity index is 1660. The molecule has 0 bridgehead atoms. The van der Waals surface area contributed by atoms with Gasteiger partial charge in [0, 0.05) is 23.7 Å². The predicted molar refractivity (Wildman–Crippen MR) is 162 cm³/mol. The van der Waals surface area contributed by atoms with Crippen LogP contribution in [0.1, 0.15) is 41.3 Å². The molecule has 6 nitrogen and oxygen atoms in total. The fourth-order valence-electron chi connectivity index (χ4n) is 4.91. The van der Waals surface area contributed by atoms with Gasteiger partial charge in [-0.05, 0) is 54.8 Å². The van der Waals surface area contributed by atoms with Crippen molar-refractivity contribution in [3.8, 4) is 16.9 Å². The van der Waals surface area contributed by atoms with E-state index in [1.54, 1.807) is 9.58 Å². The summed E-state index contributed by atoms with van der Waals surface area (Å²) >= 11 is 0. The molecule has 40 heavy (non-hydrogen) atoms. The van der Waals surface area contributed by atoms with Gasteiger partial charge in [0.2, 0.25) is 5.91 Å². The molecule has 4 aromatic carbocycles. The monoisotopic (exact) mass is 530 g/mol. The third-order valence-corrected chi connectivity index (χ3v) is 7.03. The lowest BCUT2D eigenvalue weighted by molar-refractivity contribution is -0.117. The molecule has 6 heteroatoms. The van der Waals surface area contributed by atoms with Gasteiger partial charge < -0.3 is 10.2 Å². The van der Waals surface area contributed by atoms with Crippen molar-refractivity contribution in [3.63, 3.8) is 0 Å². The van der Waals surface area contributed by atoms with Gasteiger partial charge in [-0.2, -0.15) is 5.10 Å². The van der Waals surface area contributed by atoms with E-state index in [1.165, 1.54) is 0 Å². The van der Waals surface area contributed by atoms with E-state index < -0.39 is 0 Å². The molecule has 1 N–H and O–H groups in total. The molecule has 0 saturated carbocycles. The summed E-state index contributed by atoms with van der Waals surface area (Å²) < 4.78 is 1.77. The summed E-state index contributed by atoms with van der Waals surface area (Å²) in [6.45, 7) is 6.61. The molecule has 5 aromatic rings. The molecule has 0 atom stereocenters. The third kappa shape index (κ3) is 5.96. The Morgan fingerprint density at radius 3 is 2.35 bits per heavy atom. The molecular weight excluding hydrogens is 496 g/mol. The highest BCUT2D eigenvalue weighted by Crippen LogP contribution is 2.27. The molecule has 0 spiro atoms. The zero-order chi connectivity index (χ0) is 28.1. The molecular formula is C34H34N4O2. The van der Waals surface area contributed by atoms with E-state index in [2.05, 4.69) is 25.2 Å². The van der Waals surface area contributed by atoms with E-state index in [0.717, 1.165) is 51.7 Å². The summed E-state index contributed by atoms with van der Waals surface area (Å²) in [6.07, 6.45) is 1.73. The first-order chi connectivity index (χ1) is 19.4. The molecule has 1 aromatic heterocycles. The van der Waals surface area contributed by atoms with Crippen molar-refractivity contribution >= 4 is 28.4 Å². The van der Waals surface area contributed by atoms with Crippen molar-refractivity contribution in [3.05, 3.63) is 114 Å². The number of fused-ring (bicyclic) bond motifs is 1. The second-order valence-corrected chi connectivity index (χ2v) is 10.2. The lowest BCUT2D eigenvalue weighted by Crippen LogP contribution is -2.39. The number of hydrogen-bond acceptors (Lipinski definition) is 3. The minimum absolute atomic E-state index is 0.0512. The molecule has 2 amide bonds. The van der Waals surface area contributed by atoms with Crippen LogP contribution in [0.25, 0.3) is 27.7 Å². The number of unbranched alkanes of at least 4 members (excludes halogenated alkanes) is 1. The van der Waals surface area contributed by atoms with Crippen molar-refractivity contribution in [1.29, 1.82) is 0 Å². The van der Waals surface area contributed by atoms with E-state index in [-0.39, 0.29) is 18.4 Å². The van der Waals surface area contributed by atoms with E-state index in [4.69, 9.17) is 5.10 Å². The first kappa shape index (κ1) is 26.9. The first-order valence-electron chi connectivity index (χ1n) is 13.7. The second kappa shape index (κ2) is 12.0. The average Bonchev–Trinajstić information content (AvgIpc) is 3.38. The minimum Gasteiger partial charge on any atom is -0.329 e. The van der Waals surface area contributed by atoms with Crippen LogP contribution in [0, 0.1) is 13.8 Å². The summed E-state index contributed by atoms with van der Waals surface area (Å²) in [7, 11) is 0. The van der Waals surface area contributed by atoms with Gasteiger partial charge in [0.05, 0.1) is 11.4 Å². The van der Waals surface area contributed by atoms with Gasteiger partial charge in [0.15, 0.2) is 0 Å². The molecule has 202 valence electrons. The van der Waals surface area contributed by atoms with Gasteiger partial charge in [0.1, 0.15) is 12.4 Å². The van der Waals surface area contributed by atoms with Crippen LogP contribution in [-0.4, -0.2) is 39.6 Å². The van der Waals surface area contributed by atoms with Crippen molar-refractivity contribution in [1.82, 2.24) is 14.7 Å². The summed E-state index contributed by atoms with van der Waals surface area (Å²) in [6, 6.07) is 31.6. The molecule has 1 heterocycles. The van der Waals surface area contributed by atoms with Gasteiger partial charge >= 0.3 is 0 Å². The lowest BCUT2D eigenvalue weighted by Gasteiger charge is -2.22. The van der Waals surface area contributed by atoms with Crippen LogP contribution in [0.3, 0.4) is 0 Å². The predicted octanol–water partition coefficient (Wildman–Crippen LogP) is 7.19. The topological polar surface area (TPSA) is 67.2 Å². The Morgan fingerprint density at radius 1 is 0.850 bits per heavy atom. The molecule has 5 rings (SSSR count). The van der Waals surface area contributed by atoms with Gasteiger partial charge in [0.25, 0.3) is 5.91 Å². The maximum Gasteiger partial charge on any atom is 0.254 e. The highest BCUT2D eigenvalue weighted by Gasteiger charge is 2.21. The van der Waals surface area contributed by atoms with E-state index >= 15 is 0 Å². The SMILES string of the molecule is CCCCN(CC(=O)Nc1cc(-c2ccccc2)nn1-c1ccc(C)cc1C)C(=O)c1ccc2ccccc2c1. The molecule has 0 unspecified atom stereocenters. The largest absolute Gasteiger partial charge is 0.329 e. The number of rotatable bonds is 9. The van der Waals surface area contributed by atoms with Crippen molar-refractivity contribution in [2.24, 2.45) is 0 Å². The smallest absolute Gasteiger partial charge is 0.254 e. The number of nitrogens with zero attached hydrogens (tertiary/aromatic N) is 3. The third-order valence-electron chi connectivity index (χ3n) is 7.03. The van der Waals surface area contributed by atoms with E-state index in [1.807, 2.05) is 97.9 Å². The molecule has 0 aliphatic carbocycles. The molecule has 0 fully saturated rings. The summed E-state index contributed by atoms with van der Waals surface area (Å²) in [5.74, 6) is 0.141. The summed E-state index contributed by atoms with van der Waals surface area (Å²) in [4.78, 5) is 28.7. The average molecular weight is 531 g/mol. The van der Waals surface area contributed by atoms with Gasteiger partial charge in [-0.25, -0.2) is 4.68 Å². The summed E-state index contributed by atoms with van der Waals surface area (Å²) in [5, 5.41) is 9.98. The Kier molecular flexibility index (Phi) is 8.06. The van der Waals surface area contributed by atoms with Crippen LogP contribution in [0.15, 0.2) is 97.1 Å². The standard InChI is InChI=1S/C34H34N4O2/c1-4-5-19-37(34(40)29-17-16-26-11-9-10-14-28(26)21-29)23-33(39)35-32-22-30(27-12-7-6-8-13-27)36-38(32)31-18-15-24(2)20-25(31)3/h6-18,20-22H,4-5,19,23H2,1-3H3,(H,35,39). The van der Waals surface area contributed by atoms with Crippen LogP contribution < -0.4 is 5.32 Å². The van der Waals surface area contributed by atoms with E-state index in [9.17, 15) is 9.59 Å². The molecule has 0 radical (unpaired) electrons. The van der Waals surface area contributed by atoms with Crippen molar-refractivity contribution in [2.75, 3.05) is 18.4 Å². The number of hydrogen-bond donors (Lipinski definition) is 1. The fraction of sp³-hybridized carbons (Fsp3) is 0.206. The maximum atomic E-state index is 13.6. The molecule has 0 saturated heterocycles. The number of aryl methyl sites for hydroxylation is 2. The minimum atomic E-state index is -0.268. The van der Waals surface area contributed by atoms with Crippen LogP contribution >= 0.6 is 0 Å². The number of benzene rings is 4. The summed E-state index contributed by atoms with van der Waals surface area (Å²) in [5.41, 5.74) is 5.38. The van der Waals surface area contributed by atoms with Crippen molar-refractivity contribution in [2.45, 2.75) is 33.6 Å². The van der Waals surface area contributed by atoms with Crippen LogP contribution in [0.4, 0.5) is 5.82 Å². The maximum absolute atomic E-state index is 13.6. The highest BCUT2D eigenvalue weighted by atomic mass is 16.2. The number of anilines is 1. The van der Waals surface area contributed by atoms with Crippen LogP contribution in [-0.2, 0) is 4.79 Å². The Morgan fingerprint density at radius 2 is 1.60 bits per heavy atom. The number of aromatic nitrogens is 2. The zero-order valence-corrected chi connectivity index (χ0v) is 23.2. The Labute approximate surface area is 235 Å². The van der Waals surface area contributed by atoms with Crippen LogP contribution in [0.5, 0.6) is 0 Å². The number of carbonyl (C=O) groups excluding carboxylic acids is 2. The quantitative estimate of drug-likeness (QED) is 0.219. The van der Waals surface area contributed by atoms with E-state index in [0.29, 0.717) is 17.9 Å². The number of nitrogens with one attached hydrogen (secondary N) is 1. The highest BCUT2D eigenvalue weighted by molar-refractivity contribution is 6.01. The van der Waals surface area contributed by atoms with Gasteiger partial charge in [-0.1, -0.05) is 91.7 Å². The number of amides is 2. The lowest BCUT2D eigenvalue weighted by atomic mass is 10.1. The second-order valence-electron chi connectivity index (χ2n) is 10.2. The van der Waals surface area contributed by atoms with Crippen LogP contribution in [0.2, 0.25) is 0 Å². The Hall–Kier alpha value is -4.71. The zero-order valence-electron chi connectivity index (χ0n) is 23.2.